The summed E-state index contributed by atoms with van der Waals surface area (Å²) in [4.78, 5) is 17.1. The molecule has 1 aliphatic heterocycles. The number of piperazine rings is 1. The van der Waals surface area contributed by atoms with Gasteiger partial charge in [0.15, 0.2) is 5.78 Å². The second-order valence-corrected chi connectivity index (χ2v) is 8.37. The Bertz CT molecular complexity index is 1060. The summed E-state index contributed by atoms with van der Waals surface area (Å²) in [6.07, 6.45) is 1.29. The first-order chi connectivity index (χ1) is 15.5. The minimum Gasteiger partial charge on any atom is -0.369 e. The van der Waals surface area contributed by atoms with E-state index in [1.807, 2.05) is 12.1 Å². The molecule has 3 aromatic rings. The molecular formula is C27H28F2N2O. The van der Waals surface area contributed by atoms with Gasteiger partial charge in [0.2, 0.25) is 0 Å². The maximum Gasteiger partial charge on any atom is 0.162 e. The van der Waals surface area contributed by atoms with E-state index in [2.05, 4.69) is 34.9 Å². The molecule has 0 radical (unpaired) electrons. The van der Waals surface area contributed by atoms with Gasteiger partial charge in [0.25, 0.3) is 0 Å². The Labute approximate surface area is 188 Å². The molecule has 1 saturated heterocycles. The zero-order valence-corrected chi connectivity index (χ0v) is 18.4. The van der Waals surface area contributed by atoms with Crippen LogP contribution >= 0.6 is 0 Å². The molecule has 0 amide bonds. The Hall–Kier alpha value is -3.05. The highest BCUT2D eigenvalue weighted by Crippen LogP contribution is 2.28. The van der Waals surface area contributed by atoms with Gasteiger partial charge in [0, 0.05) is 43.9 Å². The van der Waals surface area contributed by atoms with Gasteiger partial charge in [-0.3, -0.25) is 9.69 Å². The van der Waals surface area contributed by atoms with Gasteiger partial charge in [0.05, 0.1) is 0 Å². The lowest BCUT2D eigenvalue weighted by Crippen LogP contribution is -2.46. The highest BCUT2D eigenvalue weighted by atomic mass is 19.1. The second kappa shape index (κ2) is 10.0. The third-order valence-electron chi connectivity index (χ3n) is 6.13. The van der Waals surface area contributed by atoms with Crippen molar-refractivity contribution in [3.05, 3.63) is 89.5 Å². The summed E-state index contributed by atoms with van der Waals surface area (Å²) < 4.78 is 26.2. The van der Waals surface area contributed by atoms with Crippen LogP contribution < -0.4 is 4.90 Å². The molecule has 4 rings (SSSR count). The Morgan fingerprint density at radius 2 is 1.41 bits per heavy atom. The molecule has 1 heterocycles. The third-order valence-corrected chi connectivity index (χ3v) is 6.13. The molecule has 0 atom stereocenters. The zero-order chi connectivity index (χ0) is 22.5. The highest BCUT2D eigenvalue weighted by Gasteiger charge is 2.19. The lowest BCUT2D eigenvalue weighted by molar-refractivity contribution is 0.0974. The minimum atomic E-state index is -0.320. The Balaban J connectivity index is 1.26. The quantitative estimate of drug-likeness (QED) is 0.444. The molecule has 0 spiro atoms. The average molecular weight is 435 g/mol. The number of hydrogen-bond donors (Lipinski definition) is 0. The number of halogens is 2. The topological polar surface area (TPSA) is 23.6 Å². The molecule has 0 bridgehead atoms. The summed E-state index contributed by atoms with van der Waals surface area (Å²) in [6, 6.07) is 18.8. The number of carbonyl (C=O) groups excluding carboxylic acids is 1. The summed E-state index contributed by atoms with van der Waals surface area (Å²) in [7, 11) is 0. The van der Waals surface area contributed by atoms with Crippen molar-refractivity contribution in [2.24, 2.45) is 0 Å². The fourth-order valence-corrected chi connectivity index (χ4v) is 4.29. The van der Waals surface area contributed by atoms with Crippen LogP contribution in [0.25, 0.3) is 11.1 Å². The van der Waals surface area contributed by atoms with E-state index in [0.29, 0.717) is 12.0 Å². The number of rotatable bonds is 7. The molecule has 32 heavy (non-hydrogen) atoms. The van der Waals surface area contributed by atoms with Crippen molar-refractivity contribution in [3.8, 4) is 11.1 Å². The van der Waals surface area contributed by atoms with Gasteiger partial charge < -0.3 is 4.90 Å². The highest BCUT2D eigenvalue weighted by molar-refractivity contribution is 5.95. The van der Waals surface area contributed by atoms with Gasteiger partial charge in [-0.15, -0.1) is 0 Å². The molecule has 0 N–H and O–H groups in total. The summed E-state index contributed by atoms with van der Waals surface area (Å²) in [5.74, 6) is -0.472. The lowest BCUT2D eigenvalue weighted by Gasteiger charge is -2.37. The molecule has 0 aliphatic carbocycles. The maximum absolute atomic E-state index is 13.2. The first kappa shape index (κ1) is 22.2. The predicted octanol–water partition coefficient (Wildman–Crippen LogP) is 5.73. The van der Waals surface area contributed by atoms with E-state index < -0.39 is 0 Å². The van der Waals surface area contributed by atoms with Crippen molar-refractivity contribution in [3.63, 3.8) is 0 Å². The van der Waals surface area contributed by atoms with Gasteiger partial charge in [-0.25, -0.2) is 8.78 Å². The molecule has 0 unspecified atom stereocenters. The Kier molecular flexibility index (Phi) is 6.96. The fourth-order valence-electron chi connectivity index (χ4n) is 4.29. The van der Waals surface area contributed by atoms with Crippen LogP contribution in [0.4, 0.5) is 14.5 Å². The van der Waals surface area contributed by atoms with Gasteiger partial charge in [-0.2, -0.15) is 0 Å². The zero-order valence-electron chi connectivity index (χ0n) is 18.4. The summed E-state index contributed by atoms with van der Waals surface area (Å²) in [6.45, 7) is 6.83. The second-order valence-electron chi connectivity index (χ2n) is 8.37. The van der Waals surface area contributed by atoms with E-state index in [0.717, 1.165) is 50.3 Å². The van der Waals surface area contributed by atoms with Crippen LogP contribution in [0.1, 0.15) is 28.8 Å². The molecule has 0 aromatic heterocycles. The van der Waals surface area contributed by atoms with Crippen molar-refractivity contribution >= 4 is 11.5 Å². The van der Waals surface area contributed by atoms with Gasteiger partial charge in [-0.05, 0) is 85.1 Å². The van der Waals surface area contributed by atoms with Crippen LogP contribution in [-0.2, 0) is 0 Å². The number of nitrogens with zero attached hydrogens (tertiary/aromatic N) is 2. The number of Topliss-reactive ketones (excluding diaryl/α,β-unsaturated/α-hetero) is 1. The van der Waals surface area contributed by atoms with E-state index in [4.69, 9.17) is 0 Å². The van der Waals surface area contributed by atoms with Crippen LogP contribution in [0, 0.1) is 18.6 Å². The predicted molar refractivity (Wildman–Crippen MR) is 125 cm³/mol. The molecule has 3 nitrogen and oxygen atoms in total. The number of hydrogen-bond acceptors (Lipinski definition) is 3. The fraction of sp³-hybridized carbons (Fsp3) is 0.296. The Morgan fingerprint density at radius 1 is 0.812 bits per heavy atom. The van der Waals surface area contributed by atoms with Crippen LogP contribution in [0.3, 0.4) is 0 Å². The normalized spacial score (nSPS) is 14.5. The third kappa shape index (κ3) is 5.40. The monoisotopic (exact) mass is 434 g/mol. The van der Waals surface area contributed by atoms with Crippen molar-refractivity contribution in [2.45, 2.75) is 19.8 Å². The number of carbonyl (C=O) groups is 1. The standard InChI is InChI=1S/C27H28F2N2O/c1-20-19-23(21-4-9-24(28)10-5-21)8-13-26(20)31-17-15-30(16-18-31)14-2-3-27(32)22-6-11-25(29)12-7-22/h4-13,19H,2-3,14-18H2,1H3. The van der Waals surface area contributed by atoms with Gasteiger partial charge >= 0.3 is 0 Å². The van der Waals surface area contributed by atoms with Crippen LogP contribution in [0.5, 0.6) is 0 Å². The van der Waals surface area contributed by atoms with Crippen LogP contribution in [-0.4, -0.2) is 43.4 Å². The van der Waals surface area contributed by atoms with Crippen molar-refractivity contribution < 1.29 is 13.6 Å². The number of anilines is 1. The first-order valence-electron chi connectivity index (χ1n) is 11.1. The van der Waals surface area contributed by atoms with E-state index >= 15 is 0 Å². The summed E-state index contributed by atoms with van der Waals surface area (Å²) in [5.41, 5.74) is 5.14. The summed E-state index contributed by atoms with van der Waals surface area (Å²) in [5, 5.41) is 0. The van der Waals surface area contributed by atoms with Crippen molar-refractivity contribution in [1.82, 2.24) is 4.90 Å². The number of ketones is 1. The smallest absolute Gasteiger partial charge is 0.162 e. The lowest BCUT2D eigenvalue weighted by atomic mass is 10.0. The minimum absolute atomic E-state index is 0.0699. The molecule has 3 aromatic carbocycles. The first-order valence-corrected chi connectivity index (χ1v) is 11.1. The van der Waals surface area contributed by atoms with E-state index in [9.17, 15) is 13.6 Å². The van der Waals surface area contributed by atoms with E-state index in [-0.39, 0.29) is 17.4 Å². The van der Waals surface area contributed by atoms with Crippen LogP contribution in [0.2, 0.25) is 0 Å². The Morgan fingerprint density at radius 3 is 2.03 bits per heavy atom. The maximum atomic E-state index is 13.2. The molecule has 1 fully saturated rings. The van der Waals surface area contributed by atoms with Gasteiger partial charge in [-0.1, -0.05) is 18.2 Å². The molecule has 0 saturated carbocycles. The number of aryl methyl sites for hydroxylation is 1. The van der Waals surface area contributed by atoms with Gasteiger partial charge in [0.1, 0.15) is 11.6 Å². The molecule has 166 valence electrons. The molecular weight excluding hydrogens is 406 g/mol. The van der Waals surface area contributed by atoms with Crippen molar-refractivity contribution in [2.75, 3.05) is 37.6 Å². The van der Waals surface area contributed by atoms with E-state index in [1.165, 1.54) is 35.5 Å². The van der Waals surface area contributed by atoms with Crippen LogP contribution in [0.15, 0.2) is 66.7 Å². The van der Waals surface area contributed by atoms with Crippen molar-refractivity contribution in [1.29, 1.82) is 0 Å². The average Bonchev–Trinajstić information content (AvgIpc) is 2.80. The molecule has 5 heteroatoms. The van der Waals surface area contributed by atoms with E-state index in [1.54, 1.807) is 12.1 Å². The SMILES string of the molecule is Cc1cc(-c2ccc(F)cc2)ccc1N1CCN(CCCC(=O)c2ccc(F)cc2)CC1. The largest absolute Gasteiger partial charge is 0.369 e. The number of benzene rings is 3. The summed E-state index contributed by atoms with van der Waals surface area (Å²) >= 11 is 0. The molecule has 1 aliphatic rings.